The first-order valence-corrected chi connectivity index (χ1v) is 6.90. The molecule has 1 aliphatic rings. The molecule has 0 heterocycles. The maximum atomic E-state index is 11.9. The first kappa shape index (κ1) is 17.7. The van der Waals surface area contributed by atoms with Crippen molar-refractivity contribution in [1.82, 2.24) is 5.32 Å². The first-order valence-electron chi connectivity index (χ1n) is 6.90. The van der Waals surface area contributed by atoms with Crippen molar-refractivity contribution in [2.75, 3.05) is 13.2 Å². The van der Waals surface area contributed by atoms with E-state index in [-0.39, 0.29) is 19.4 Å². The molecule has 0 atom stereocenters. The molecule has 1 aliphatic carbocycles. The van der Waals surface area contributed by atoms with Gasteiger partial charge < -0.3 is 15.2 Å². The van der Waals surface area contributed by atoms with Crippen LogP contribution in [0.1, 0.15) is 44.9 Å². The summed E-state index contributed by atoms with van der Waals surface area (Å²) in [6.07, 6.45) is -0.977. The Hall–Kier alpha value is -1.31. The Morgan fingerprint density at radius 2 is 1.81 bits per heavy atom. The van der Waals surface area contributed by atoms with Crippen LogP contribution in [0, 0.1) is 0 Å². The largest absolute Gasteiger partial charge is 0.481 e. The van der Waals surface area contributed by atoms with Crippen LogP contribution < -0.4 is 5.32 Å². The normalized spacial score (nSPS) is 18.2. The van der Waals surface area contributed by atoms with Gasteiger partial charge in [-0.3, -0.25) is 9.59 Å². The zero-order chi connectivity index (χ0) is 15.9. The number of alkyl halides is 3. The van der Waals surface area contributed by atoms with Gasteiger partial charge in [0, 0.05) is 6.42 Å². The van der Waals surface area contributed by atoms with Crippen molar-refractivity contribution in [1.29, 1.82) is 0 Å². The van der Waals surface area contributed by atoms with Crippen molar-refractivity contribution < 1.29 is 32.6 Å². The van der Waals surface area contributed by atoms with E-state index in [0.717, 1.165) is 19.3 Å². The second-order valence-corrected chi connectivity index (χ2v) is 5.38. The lowest BCUT2D eigenvalue weighted by Crippen LogP contribution is -2.51. The van der Waals surface area contributed by atoms with E-state index < -0.39 is 30.2 Å². The minimum Gasteiger partial charge on any atom is -0.481 e. The summed E-state index contributed by atoms with van der Waals surface area (Å²) in [5.74, 6) is -1.47. The standard InChI is InChI=1S/C13H20F3NO4/c14-13(15,16)9-21-7-4-10(18)17-12(8-11(19)20)5-2-1-3-6-12/h1-9H2,(H,17,18)(H,19,20). The molecule has 1 rings (SSSR count). The van der Waals surface area contributed by atoms with Crippen LogP contribution in [0.4, 0.5) is 13.2 Å². The molecule has 0 aromatic heterocycles. The summed E-state index contributed by atoms with van der Waals surface area (Å²) in [6.45, 7) is -1.73. The second-order valence-electron chi connectivity index (χ2n) is 5.38. The van der Waals surface area contributed by atoms with Crippen LogP contribution in [-0.4, -0.2) is 41.9 Å². The molecule has 0 aromatic carbocycles. The Balaban J connectivity index is 2.40. The fraction of sp³-hybridized carbons (Fsp3) is 0.846. The SMILES string of the molecule is O=C(O)CC1(NC(=O)CCOCC(F)(F)F)CCCCC1. The predicted molar refractivity (Wildman–Crippen MR) is 67.7 cm³/mol. The van der Waals surface area contributed by atoms with E-state index in [1.54, 1.807) is 0 Å². The molecule has 0 bridgehead atoms. The summed E-state index contributed by atoms with van der Waals surface area (Å²) in [5, 5.41) is 11.6. The molecule has 1 saturated carbocycles. The highest BCUT2D eigenvalue weighted by Crippen LogP contribution is 2.31. The summed E-state index contributed by atoms with van der Waals surface area (Å²) in [7, 11) is 0. The summed E-state index contributed by atoms with van der Waals surface area (Å²) in [5.41, 5.74) is -0.773. The molecule has 5 nitrogen and oxygen atoms in total. The maximum Gasteiger partial charge on any atom is 0.411 e. The molecular weight excluding hydrogens is 291 g/mol. The quantitative estimate of drug-likeness (QED) is 0.707. The van der Waals surface area contributed by atoms with Crippen LogP contribution in [0.15, 0.2) is 0 Å². The van der Waals surface area contributed by atoms with Crippen molar-refractivity contribution in [3.63, 3.8) is 0 Å². The third kappa shape index (κ3) is 7.31. The van der Waals surface area contributed by atoms with Crippen molar-refractivity contribution in [3.05, 3.63) is 0 Å². The molecule has 0 aliphatic heterocycles. The molecule has 1 amide bonds. The lowest BCUT2D eigenvalue weighted by Gasteiger charge is -2.37. The van der Waals surface area contributed by atoms with Gasteiger partial charge in [-0.15, -0.1) is 0 Å². The highest BCUT2D eigenvalue weighted by molar-refractivity contribution is 5.78. The number of carbonyl (C=O) groups is 2. The van der Waals surface area contributed by atoms with Crippen LogP contribution in [0.5, 0.6) is 0 Å². The van der Waals surface area contributed by atoms with E-state index in [0.29, 0.717) is 12.8 Å². The first-order chi connectivity index (χ1) is 9.72. The average Bonchev–Trinajstić information content (AvgIpc) is 2.33. The highest BCUT2D eigenvalue weighted by atomic mass is 19.4. The van der Waals surface area contributed by atoms with E-state index >= 15 is 0 Å². The zero-order valence-electron chi connectivity index (χ0n) is 11.7. The van der Waals surface area contributed by atoms with Gasteiger partial charge >= 0.3 is 12.1 Å². The third-order valence-electron chi connectivity index (χ3n) is 3.44. The summed E-state index contributed by atoms with van der Waals surface area (Å²) in [4.78, 5) is 22.7. The van der Waals surface area contributed by atoms with E-state index in [2.05, 4.69) is 10.1 Å². The monoisotopic (exact) mass is 311 g/mol. The molecule has 21 heavy (non-hydrogen) atoms. The minimum absolute atomic E-state index is 0.165. The number of amides is 1. The Kier molecular flexibility index (Phi) is 6.44. The van der Waals surface area contributed by atoms with Crippen LogP contribution in [0.3, 0.4) is 0 Å². The molecule has 0 unspecified atom stereocenters. The minimum atomic E-state index is -4.41. The van der Waals surface area contributed by atoms with E-state index in [1.807, 2.05) is 0 Å². The number of carboxylic acid groups (broad SMARTS) is 1. The van der Waals surface area contributed by atoms with Crippen LogP contribution in [-0.2, 0) is 14.3 Å². The molecule has 0 spiro atoms. The molecule has 8 heteroatoms. The molecule has 2 N–H and O–H groups in total. The highest BCUT2D eigenvalue weighted by Gasteiger charge is 2.35. The van der Waals surface area contributed by atoms with Gasteiger partial charge in [0.15, 0.2) is 0 Å². The van der Waals surface area contributed by atoms with Crippen molar-refractivity contribution in [3.8, 4) is 0 Å². The maximum absolute atomic E-state index is 11.9. The number of ether oxygens (including phenoxy) is 1. The van der Waals surface area contributed by atoms with Gasteiger partial charge in [0.05, 0.1) is 18.6 Å². The zero-order valence-corrected chi connectivity index (χ0v) is 11.7. The Morgan fingerprint density at radius 1 is 1.19 bits per heavy atom. The average molecular weight is 311 g/mol. The molecular formula is C13H20F3NO4. The van der Waals surface area contributed by atoms with Crippen molar-refractivity contribution >= 4 is 11.9 Å². The van der Waals surface area contributed by atoms with Crippen LogP contribution in [0.25, 0.3) is 0 Å². The van der Waals surface area contributed by atoms with Gasteiger partial charge in [0.1, 0.15) is 6.61 Å². The van der Waals surface area contributed by atoms with E-state index in [1.165, 1.54) is 0 Å². The summed E-state index contributed by atoms with van der Waals surface area (Å²) < 4.78 is 40.0. The van der Waals surface area contributed by atoms with E-state index in [9.17, 15) is 22.8 Å². The fourth-order valence-electron chi connectivity index (χ4n) is 2.58. The summed E-state index contributed by atoms with van der Waals surface area (Å²) in [6, 6.07) is 0. The van der Waals surface area contributed by atoms with Gasteiger partial charge in [-0.1, -0.05) is 19.3 Å². The Labute approximate surface area is 120 Å². The molecule has 0 saturated heterocycles. The molecule has 0 aromatic rings. The van der Waals surface area contributed by atoms with Crippen molar-refractivity contribution in [2.24, 2.45) is 0 Å². The topological polar surface area (TPSA) is 75.6 Å². The molecule has 1 fully saturated rings. The van der Waals surface area contributed by atoms with E-state index in [4.69, 9.17) is 5.11 Å². The number of rotatable bonds is 7. The third-order valence-corrected chi connectivity index (χ3v) is 3.44. The Morgan fingerprint density at radius 3 is 2.33 bits per heavy atom. The second kappa shape index (κ2) is 7.63. The van der Waals surface area contributed by atoms with Gasteiger partial charge in [0.2, 0.25) is 5.91 Å². The van der Waals surface area contributed by atoms with Gasteiger partial charge in [-0.05, 0) is 12.8 Å². The van der Waals surface area contributed by atoms with Gasteiger partial charge in [-0.2, -0.15) is 13.2 Å². The number of aliphatic carboxylic acids is 1. The number of carbonyl (C=O) groups excluding carboxylic acids is 1. The fourth-order valence-corrected chi connectivity index (χ4v) is 2.58. The summed E-state index contributed by atoms with van der Waals surface area (Å²) >= 11 is 0. The van der Waals surface area contributed by atoms with Crippen LogP contribution >= 0.6 is 0 Å². The van der Waals surface area contributed by atoms with Crippen LogP contribution in [0.2, 0.25) is 0 Å². The molecule has 122 valence electrons. The number of nitrogens with one attached hydrogen (secondary N) is 1. The number of hydrogen-bond donors (Lipinski definition) is 2. The molecule has 0 radical (unpaired) electrons. The van der Waals surface area contributed by atoms with Gasteiger partial charge in [0.25, 0.3) is 0 Å². The predicted octanol–water partition coefficient (Wildman–Crippen LogP) is 2.25. The number of halogens is 3. The van der Waals surface area contributed by atoms with Crippen molar-refractivity contribution in [2.45, 2.75) is 56.7 Å². The number of carboxylic acids is 1. The number of hydrogen-bond acceptors (Lipinski definition) is 3. The smallest absolute Gasteiger partial charge is 0.411 e. The Bertz CT molecular complexity index is 365. The lowest BCUT2D eigenvalue weighted by molar-refractivity contribution is -0.174. The lowest BCUT2D eigenvalue weighted by atomic mass is 9.79. The van der Waals surface area contributed by atoms with Gasteiger partial charge in [-0.25, -0.2) is 0 Å².